The van der Waals surface area contributed by atoms with Crippen molar-refractivity contribution in [1.29, 1.82) is 0 Å². The zero-order chi connectivity index (χ0) is 10.7. The standard InChI is InChI=1S/C10H9ClN2S2/c11-10-13-5-9(15-10)6-14-8-3-1-7(12)2-4-8/h1-5H,6,12H2. The minimum absolute atomic E-state index is 0.600. The molecule has 0 aliphatic carbocycles. The lowest BCUT2D eigenvalue weighted by Crippen LogP contribution is -1.82. The Bertz CT molecular complexity index is 439. The van der Waals surface area contributed by atoms with Gasteiger partial charge in [0.2, 0.25) is 0 Å². The van der Waals surface area contributed by atoms with Crippen molar-refractivity contribution < 1.29 is 0 Å². The highest BCUT2D eigenvalue weighted by Gasteiger charge is 2.00. The summed E-state index contributed by atoms with van der Waals surface area (Å²) >= 11 is 9.02. The Kier molecular flexibility index (Phi) is 3.51. The van der Waals surface area contributed by atoms with E-state index >= 15 is 0 Å². The normalized spacial score (nSPS) is 10.5. The first kappa shape index (κ1) is 10.8. The van der Waals surface area contributed by atoms with Crippen molar-refractivity contribution in [3.8, 4) is 0 Å². The van der Waals surface area contributed by atoms with E-state index < -0.39 is 0 Å². The minimum Gasteiger partial charge on any atom is -0.399 e. The molecule has 0 atom stereocenters. The van der Waals surface area contributed by atoms with Crippen molar-refractivity contribution in [1.82, 2.24) is 4.98 Å². The first-order valence-corrected chi connectivity index (χ1v) is 6.50. The molecule has 0 saturated carbocycles. The Morgan fingerprint density at radius 3 is 2.67 bits per heavy atom. The summed E-state index contributed by atoms with van der Waals surface area (Å²) in [5.74, 6) is 0.897. The molecule has 1 heterocycles. The van der Waals surface area contributed by atoms with Gasteiger partial charge < -0.3 is 5.73 Å². The lowest BCUT2D eigenvalue weighted by molar-refractivity contribution is 1.36. The molecule has 5 heteroatoms. The van der Waals surface area contributed by atoms with Gasteiger partial charge in [0.15, 0.2) is 4.47 Å². The summed E-state index contributed by atoms with van der Waals surface area (Å²) in [6.45, 7) is 0. The predicted molar refractivity (Wildman–Crippen MR) is 67.5 cm³/mol. The Hall–Kier alpha value is -0.710. The van der Waals surface area contributed by atoms with Crippen LogP contribution in [0, 0.1) is 0 Å². The molecule has 0 spiro atoms. The van der Waals surface area contributed by atoms with Crippen LogP contribution in [0.25, 0.3) is 0 Å². The van der Waals surface area contributed by atoms with E-state index in [0.717, 1.165) is 11.4 Å². The van der Waals surface area contributed by atoms with Crippen LogP contribution in [0.5, 0.6) is 0 Å². The summed E-state index contributed by atoms with van der Waals surface area (Å²) in [6, 6.07) is 7.84. The van der Waals surface area contributed by atoms with Crippen LogP contribution >= 0.6 is 34.7 Å². The van der Waals surface area contributed by atoms with Crippen molar-refractivity contribution in [3.63, 3.8) is 0 Å². The fourth-order valence-electron chi connectivity index (χ4n) is 1.07. The zero-order valence-electron chi connectivity index (χ0n) is 7.81. The highest BCUT2D eigenvalue weighted by molar-refractivity contribution is 7.98. The van der Waals surface area contributed by atoms with Crippen LogP contribution < -0.4 is 5.73 Å². The second-order valence-electron chi connectivity index (χ2n) is 2.94. The molecule has 0 aliphatic rings. The fourth-order valence-corrected chi connectivity index (χ4v) is 2.97. The summed E-state index contributed by atoms with van der Waals surface area (Å²) in [7, 11) is 0. The maximum atomic E-state index is 5.74. The Labute approximate surface area is 101 Å². The van der Waals surface area contributed by atoms with Crippen LogP contribution in [0.4, 0.5) is 5.69 Å². The SMILES string of the molecule is Nc1ccc(SCc2cnc(Cl)s2)cc1. The van der Waals surface area contributed by atoms with Gasteiger partial charge in [-0.15, -0.1) is 23.1 Å². The molecule has 0 amide bonds. The number of hydrogen-bond acceptors (Lipinski definition) is 4. The van der Waals surface area contributed by atoms with Gasteiger partial charge in [-0.25, -0.2) is 4.98 Å². The number of nitrogens with two attached hydrogens (primary N) is 1. The molecule has 0 fully saturated rings. The number of rotatable bonds is 3. The average molecular weight is 257 g/mol. The largest absolute Gasteiger partial charge is 0.399 e. The van der Waals surface area contributed by atoms with E-state index in [0.29, 0.717) is 4.47 Å². The topological polar surface area (TPSA) is 38.9 Å². The van der Waals surface area contributed by atoms with Gasteiger partial charge in [0.05, 0.1) is 0 Å². The van der Waals surface area contributed by atoms with Crippen molar-refractivity contribution in [2.75, 3.05) is 5.73 Å². The number of anilines is 1. The number of halogens is 1. The molecule has 0 saturated heterocycles. The molecule has 0 unspecified atom stereocenters. The lowest BCUT2D eigenvalue weighted by atomic mass is 10.3. The molecular weight excluding hydrogens is 248 g/mol. The average Bonchev–Trinajstić information content (AvgIpc) is 2.64. The number of thioether (sulfide) groups is 1. The predicted octanol–water partition coefficient (Wildman–Crippen LogP) is 3.67. The van der Waals surface area contributed by atoms with E-state index in [-0.39, 0.29) is 0 Å². The van der Waals surface area contributed by atoms with E-state index in [1.807, 2.05) is 30.5 Å². The second kappa shape index (κ2) is 4.88. The van der Waals surface area contributed by atoms with Crippen LogP contribution in [0.2, 0.25) is 4.47 Å². The number of aromatic nitrogens is 1. The van der Waals surface area contributed by atoms with Crippen LogP contribution in [-0.4, -0.2) is 4.98 Å². The van der Waals surface area contributed by atoms with Gasteiger partial charge in [-0.05, 0) is 24.3 Å². The smallest absolute Gasteiger partial charge is 0.183 e. The highest BCUT2D eigenvalue weighted by atomic mass is 35.5. The molecule has 15 heavy (non-hydrogen) atoms. The molecule has 2 N–H and O–H groups in total. The number of thiazole rings is 1. The third-order valence-electron chi connectivity index (χ3n) is 1.79. The Balaban J connectivity index is 1.96. The summed E-state index contributed by atoms with van der Waals surface area (Å²) in [4.78, 5) is 6.38. The monoisotopic (exact) mass is 256 g/mol. The first-order chi connectivity index (χ1) is 7.24. The number of nitrogen functional groups attached to an aromatic ring is 1. The summed E-state index contributed by atoms with van der Waals surface area (Å²) in [5.41, 5.74) is 6.39. The van der Waals surface area contributed by atoms with E-state index in [2.05, 4.69) is 4.98 Å². The van der Waals surface area contributed by atoms with Crippen LogP contribution in [0.3, 0.4) is 0 Å². The zero-order valence-corrected chi connectivity index (χ0v) is 10.2. The maximum Gasteiger partial charge on any atom is 0.183 e. The van der Waals surface area contributed by atoms with Gasteiger partial charge in [0, 0.05) is 27.4 Å². The van der Waals surface area contributed by atoms with E-state index in [9.17, 15) is 0 Å². The molecular formula is C10H9ClN2S2. The number of benzene rings is 1. The molecule has 0 radical (unpaired) electrons. The third kappa shape index (κ3) is 3.12. The second-order valence-corrected chi connectivity index (χ2v) is 5.68. The Morgan fingerprint density at radius 2 is 2.07 bits per heavy atom. The quantitative estimate of drug-likeness (QED) is 0.673. The summed E-state index contributed by atoms with van der Waals surface area (Å²) in [5, 5.41) is 0. The number of nitrogens with zero attached hydrogens (tertiary/aromatic N) is 1. The van der Waals surface area contributed by atoms with Crippen LogP contribution in [-0.2, 0) is 5.75 Å². The highest BCUT2D eigenvalue weighted by Crippen LogP contribution is 2.27. The molecule has 2 aromatic rings. The molecule has 2 rings (SSSR count). The maximum absolute atomic E-state index is 5.74. The van der Waals surface area contributed by atoms with Gasteiger partial charge in [0.1, 0.15) is 0 Å². The fraction of sp³-hybridized carbons (Fsp3) is 0.100. The van der Waals surface area contributed by atoms with Gasteiger partial charge >= 0.3 is 0 Å². The van der Waals surface area contributed by atoms with Crippen molar-refractivity contribution >= 4 is 40.4 Å². The van der Waals surface area contributed by atoms with E-state index in [1.54, 1.807) is 11.8 Å². The first-order valence-electron chi connectivity index (χ1n) is 4.32. The molecule has 2 nitrogen and oxygen atoms in total. The van der Waals surface area contributed by atoms with Gasteiger partial charge in [0.25, 0.3) is 0 Å². The number of hydrogen-bond donors (Lipinski definition) is 1. The van der Waals surface area contributed by atoms with Crippen molar-refractivity contribution in [3.05, 3.63) is 39.8 Å². The van der Waals surface area contributed by atoms with E-state index in [4.69, 9.17) is 17.3 Å². The molecule has 1 aromatic carbocycles. The van der Waals surface area contributed by atoms with E-state index in [1.165, 1.54) is 21.1 Å². The van der Waals surface area contributed by atoms with Crippen LogP contribution in [0.15, 0.2) is 35.4 Å². The molecule has 0 aliphatic heterocycles. The van der Waals surface area contributed by atoms with Crippen LogP contribution in [0.1, 0.15) is 4.88 Å². The lowest BCUT2D eigenvalue weighted by Gasteiger charge is -1.99. The summed E-state index contributed by atoms with van der Waals surface area (Å²) < 4.78 is 0.600. The van der Waals surface area contributed by atoms with Crippen molar-refractivity contribution in [2.45, 2.75) is 10.6 Å². The van der Waals surface area contributed by atoms with Gasteiger partial charge in [-0.2, -0.15) is 0 Å². The van der Waals surface area contributed by atoms with Crippen molar-refractivity contribution in [2.24, 2.45) is 0 Å². The molecule has 78 valence electrons. The molecule has 1 aromatic heterocycles. The van der Waals surface area contributed by atoms with Gasteiger partial charge in [-0.1, -0.05) is 11.6 Å². The third-order valence-corrected chi connectivity index (χ3v) is 4.14. The summed E-state index contributed by atoms with van der Waals surface area (Å²) in [6.07, 6.45) is 1.82. The molecule has 0 bridgehead atoms. The Morgan fingerprint density at radius 1 is 1.33 bits per heavy atom. The van der Waals surface area contributed by atoms with Gasteiger partial charge in [-0.3, -0.25) is 0 Å². The minimum atomic E-state index is 0.600.